The minimum absolute atomic E-state index is 0.00747. The maximum absolute atomic E-state index is 12.1. The third-order valence-corrected chi connectivity index (χ3v) is 3.96. The smallest absolute Gasteiger partial charge is 0.387 e. The fraction of sp³-hybridized carbons (Fsp3) is 0.364. The molecule has 2 rings (SSSR count). The second kappa shape index (κ2) is 13.0. The van der Waals surface area contributed by atoms with E-state index in [9.17, 15) is 18.4 Å². The number of hydrogen-bond acceptors (Lipinski definition) is 6. The Kier molecular flexibility index (Phi) is 10.1. The summed E-state index contributed by atoms with van der Waals surface area (Å²) < 4.78 is 44.2. The number of carbonyl (C=O) groups excluding carboxylic acids is 2. The monoisotopic (exact) mass is 437 g/mol. The Morgan fingerprint density at radius 2 is 1.55 bits per heavy atom. The van der Waals surface area contributed by atoms with Crippen molar-refractivity contribution in [2.45, 2.75) is 26.4 Å². The van der Waals surface area contributed by atoms with Gasteiger partial charge in [-0.25, -0.2) is 0 Å². The molecular weight excluding hydrogens is 412 g/mol. The lowest BCUT2D eigenvalue weighted by atomic mass is 10.1. The molecule has 168 valence electrons. The highest BCUT2D eigenvalue weighted by atomic mass is 19.3. The van der Waals surface area contributed by atoms with E-state index in [1.54, 1.807) is 36.4 Å². The molecule has 0 aliphatic heterocycles. The van der Waals surface area contributed by atoms with Crippen LogP contribution in [0.2, 0.25) is 0 Å². The van der Waals surface area contributed by atoms with Crippen molar-refractivity contribution in [3.05, 3.63) is 54.1 Å². The Labute approximate surface area is 179 Å². The number of benzene rings is 2. The molecule has 0 bridgehead atoms. The van der Waals surface area contributed by atoms with Gasteiger partial charge in [-0.1, -0.05) is 12.1 Å². The van der Waals surface area contributed by atoms with E-state index in [1.807, 2.05) is 6.92 Å². The molecule has 9 heteroatoms. The van der Waals surface area contributed by atoms with Crippen molar-refractivity contribution >= 4 is 11.9 Å². The Hall–Kier alpha value is -3.36. The zero-order valence-electron chi connectivity index (χ0n) is 17.1. The standard InChI is InChI=1S/C22H25F2NO6/c1-2-28-17-7-9-18(10-8-17)29-14-12-21(27)30-15-20(26)25-13-11-16-3-5-19(6-4-16)31-22(23)24/h3-10,22H,2,11-15H2,1H3,(H,25,26). The van der Waals surface area contributed by atoms with E-state index < -0.39 is 18.5 Å². The first-order chi connectivity index (χ1) is 15.0. The van der Waals surface area contributed by atoms with Crippen molar-refractivity contribution < 1.29 is 37.3 Å². The normalized spacial score (nSPS) is 10.5. The number of nitrogens with one attached hydrogen (secondary N) is 1. The Morgan fingerprint density at radius 3 is 2.16 bits per heavy atom. The molecule has 0 saturated carbocycles. The molecule has 2 aromatic rings. The summed E-state index contributed by atoms with van der Waals surface area (Å²) in [6, 6.07) is 13.1. The van der Waals surface area contributed by atoms with Crippen LogP contribution in [-0.4, -0.2) is 44.9 Å². The van der Waals surface area contributed by atoms with Crippen molar-refractivity contribution in [1.29, 1.82) is 0 Å². The average molecular weight is 437 g/mol. The van der Waals surface area contributed by atoms with E-state index in [0.717, 1.165) is 11.3 Å². The van der Waals surface area contributed by atoms with Crippen molar-refractivity contribution in [3.63, 3.8) is 0 Å². The summed E-state index contributed by atoms with van der Waals surface area (Å²) in [5.74, 6) is 0.427. The first kappa shape index (κ1) is 23.9. The van der Waals surface area contributed by atoms with Crippen molar-refractivity contribution in [2.75, 3.05) is 26.4 Å². The van der Waals surface area contributed by atoms with Crippen LogP contribution < -0.4 is 19.5 Å². The molecule has 0 spiro atoms. The number of carbonyl (C=O) groups is 2. The van der Waals surface area contributed by atoms with Gasteiger partial charge in [0.1, 0.15) is 17.2 Å². The van der Waals surface area contributed by atoms with E-state index in [-0.39, 0.29) is 25.4 Å². The number of rotatable bonds is 13. The highest BCUT2D eigenvalue weighted by Crippen LogP contribution is 2.17. The van der Waals surface area contributed by atoms with Gasteiger partial charge in [0.05, 0.1) is 19.6 Å². The van der Waals surface area contributed by atoms with Crippen LogP contribution in [0.25, 0.3) is 0 Å². The summed E-state index contributed by atoms with van der Waals surface area (Å²) in [6.45, 7) is -0.349. The first-order valence-corrected chi connectivity index (χ1v) is 9.78. The SMILES string of the molecule is CCOc1ccc(OCCC(=O)OCC(=O)NCCc2ccc(OC(F)F)cc2)cc1. The molecule has 0 saturated heterocycles. The predicted octanol–water partition coefficient (Wildman–Crippen LogP) is 3.36. The molecule has 0 aromatic heterocycles. The summed E-state index contributed by atoms with van der Waals surface area (Å²) in [5, 5.41) is 2.62. The summed E-state index contributed by atoms with van der Waals surface area (Å²) >= 11 is 0. The lowest BCUT2D eigenvalue weighted by Crippen LogP contribution is -2.30. The molecule has 0 heterocycles. The highest BCUT2D eigenvalue weighted by molar-refractivity contribution is 5.80. The highest BCUT2D eigenvalue weighted by Gasteiger charge is 2.08. The van der Waals surface area contributed by atoms with Crippen LogP contribution >= 0.6 is 0 Å². The van der Waals surface area contributed by atoms with Crippen molar-refractivity contribution in [1.82, 2.24) is 5.32 Å². The molecule has 1 amide bonds. The minimum atomic E-state index is -2.87. The number of alkyl halides is 2. The molecule has 2 aromatic carbocycles. The second-order valence-electron chi connectivity index (χ2n) is 6.29. The summed E-state index contributed by atoms with van der Waals surface area (Å²) in [6.07, 6.45) is 0.498. The average Bonchev–Trinajstić information content (AvgIpc) is 2.74. The van der Waals surface area contributed by atoms with Crippen LogP contribution in [0.3, 0.4) is 0 Å². The maximum Gasteiger partial charge on any atom is 0.387 e. The number of ether oxygens (including phenoxy) is 4. The topological polar surface area (TPSA) is 83.1 Å². The molecule has 0 unspecified atom stereocenters. The fourth-order valence-corrected chi connectivity index (χ4v) is 2.50. The van der Waals surface area contributed by atoms with Gasteiger partial charge >= 0.3 is 12.6 Å². The van der Waals surface area contributed by atoms with Gasteiger partial charge in [0.15, 0.2) is 6.61 Å². The minimum Gasteiger partial charge on any atom is -0.494 e. The second-order valence-corrected chi connectivity index (χ2v) is 6.29. The van der Waals surface area contributed by atoms with Gasteiger partial charge in [-0.15, -0.1) is 0 Å². The molecule has 0 radical (unpaired) electrons. The Morgan fingerprint density at radius 1 is 0.935 bits per heavy atom. The molecule has 0 atom stereocenters. The fourth-order valence-electron chi connectivity index (χ4n) is 2.50. The third kappa shape index (κ3) is 9.79. The van der Waals surface area contributed by atoms with Gasteiger partial charge < -0.3 is 24.3 Å². The van der Waals surface area contributed by atoms with E-state index in [2.05, 4.69) is 10.1 Å². The van der Waals surface area contributed by atoms with Gasteiger partial charge in [-0.05, 0) is 55.3 Å². The number of hydrogen-bond donors (Lipinski definition) is 1. The van der Waals surface area contributed by atoms with E-state index in [0.29, 0.717) is 25.3 Å². The van der Waals surface area contributed by atoms with Gasteiger partial charge in [0, 0.05) is 6.54 Å². The Bertz CT molecular complexity index is 812. The van der Waals surface area contributed by atoms with E-state index in [1.165, 1.54) is 12.1 Å². The summed E-state index contributed by atoms with van der Waals surface area (Å²) in [7, 11) is 0. The molecule has 0 aliphatic carbocycles. The third-order valence-electron chi connectivity index (χ3n) is 3.96. The number of esters is 1. The van der Waals surface area contributed by atoms with Gasteiger partial charge in [0.25, 0.3) is 5.91 Å². The zero-order chi connectivity index (χ0) is 22.5. The maximum atomic E-state index is 12.1. The molecule has 0 aliphatic rings. The van der Waals surface area contributed by atoms with Crippen molar-refractivity contribution in [3.8, 4) is 17.2 Å². The molecule has 31 heavy (non-hydrogen) atoms. The van der Waals surface area contributed by atoms with Crippen LogP contribution in [0.15, 0.2) is 48.5 Å². The van der Waals surface area contributed by atoms with Crippen LogP contribution in [-0.2, 0) is 20.7 Å². The van der Waals surface area contributed by atoms with Crippen LogP contribution in [0, 0.1) is 0 Å². The van der Waals surface area contributed by atoms with Gasteiger partial charge in [-0.2, -0.15) is 8.78 Å². The largest absolute Gasteiger partial charge is 0.494 e. The number of amides is 1. The van der Waals surface area contributed by atoms with Crippen LogP contribution in [0.5, 0.6) is 17.2 Å². The van der Waals surface area contributed by atoms with Gasteiger partial charge in [-0.3, -0.25) is 9.59 Å². The first-order valence-electron chi connectivity index (χ1n) is 9.78. The van der Waals surface area contributed by atoms with Crippen molar-refractivity contribution in [2.24, 2.45) is 0 Å². The Balaban J connectivity index is 1.56. The van der Waals surface area contributed by atoms with Crippen LogP contribution in [0.1, 0.15) is 18.9 Å². The lowest BCUT2D eigenvalue weighted by Gasteiger charge is -2.09. The molecule has 1 N–H and O–H groups in total. The number of halogens is 2. The molecular formula is C22H25F2NO6. The molecule has 7 nitrogen and oxygen atoms in total. The van der Waals surface area contributed by atoms with E-state index in [4.69, 9.17) is 14.2 Å². The summed E-state index contributed by atoms with van der Waals surface area (Å²) in [5.41, 5.74) is 0.838. The lowest BCUT2D eigenvalue weighted by molar-refractivity contribution is -0.149. The van der Waals surface area contributed by atoms with Gasteiger partial charge in [0.2, 0.25) is 0 Å². The molecule has 0 fully saturated rings. The summed E-state index contributed by atoms with van der Waals surface area (Å²) in [4.78, 5) is 23.5. The zero-order valence-corrected chi connectivity index (χ0v) is 17.1. The van der Waals surface area contributed by atoms with Crippen LogP contribution in [0.4, 0.5) is 8.78 Å². The van der Waals surface area contributed by atoms with E-state index >= 15 is 0 Å². The quantitative estimate of drug-likeness (QED) is 0.484. The predicted molar refractivity (Wildman–Crippen MR) is 108 cm³/mol.